The van der Waals surface area contributed by atoms with Gasteiger partial charge in [0.05, 0.1) is 12.1 Å². The fourth-order valence-corrected chi connectivity index (χ4v) is 3.28. The highest BCUT2D eigenvalue weighted by Crippen LogP contribution is 2.30. The Morgan fingerprint density at radius 1 is 1.00 bits per heavy atom. The minimum atomic E-state index is -4.42. The lowest BCUT2D eigenvalue weighted by atomic mass is 9.87. The SMILES string of the molecule is CC(C)(C)c1ccc(-c2nc3[nH]c(CNc4cccc(C(F)(F)F)c4)cc(=O)n3n2)cc1. The third-order valence-corrected chi connectivity index (χ3v) is 5.07. The van der Waals surface area contributed by atoms with Crippen molar-refractivity contribution in [3.8, 4) is 11.4 Å². The van der Waals surface area contributed by atoms with E-state index >= 15 is 0 Å². The van der Waals surface area contributed by atoms with E-state index in [-0.39, 0.29) is 23.3 Å². The zero-order valence-corrected chi connectivity index (χ0v) is 17.8. The molecule has 0 unspecified atom stereocenters. The lowest BCUT2D eigenvalue weighted by molar-refractivity contribution is -0.137. The number of aromatic nitrogens is 4. The van der Waals surface area contributed by atoms with E-state index < -0.39 is 11.7 Å². The van der Waals surface area contributed by atoms with Crippen molar-refractivity contribution in [1.29, 1.82) is 0 Å². The molecule has 0 bridgehead atoms. The van der Waals surface area contributed by atoms with Crippen molar-refractivity contribution in [2.24, 2.45) is 0 Å². The van der Waals surface area contributed by atoms with Gasteiger partial charge < -0.3 is 10.3 Å². The minimum absolute atomic E-state index is 0.0162. The molecule has 0 aliphatic rings. The van der Waals surface area contributed by atoms with Gasteiger partial charge in [-0.2, -0.15) is 22.7 Å². The molecule has 0 fully saturated rings. The van der Waals surface area contributed by atoms with Gasteiger partial charge in [0, 0.05) is 23.0 Å². The molecule has 6 nitrogen and oxygen atoms in total. The Labute approximate surface area is 182 Å². The zero-order chi connectivity index (χ0) is 23.1. The molecule has 0 amide bonds. The summed E-state index contributed by atoms with van der Waals surface area (Å²) in [6.45, 7) is 6.49. The van der Waals surface area contributed by atoms with Gasteiger partial charge in [-0.05, 0) is 29.2 Å². The molecule has 4 aromatic rings. The van der Waals surface area contributed by atoms with Crippen molar-refractivity contribution in [2.75, 3.05) is 5.32 Å². The topological polar surface area (TPSA) is 75.1 Å². The Morgan fingerprint density at radius 2 is 1.72 bits per heavy atom. The summed E-state index contributed by atoms with van der Waals surface area (Å²) in [7, 11) is 0. The standard InChI is InChI=1S/C23H22F3N5O/c1-22(2,3)15-9-7-14(8-10-15)20-29-21-28-18(12-19(32)31(21)30-20)13-27-17-6-4-5-16(11-17)23(24,25)26/h4-12,27H,13H2,1-3H3,(H,28,29,30). The molecule has 0 saturated heterocycles. The molecule has 9 heteroatoms. The van der Waals surface area contributed by atoms with Crippen LogP contribution in [0.4, 0.5) is 18.9 Å². The van der Waals surface area contributed by atoms with Crippen molar-refractivity contribution in [3.05, 3.63) is 81.8 Å². The molecule has 0 saturated carbocycles. The number of H-pyrrole nitrogens is 1. The molecule has 32 heavy (non-hydrogen) atoms. The predicted octanol–water partition coefficient (Wildman–Crippen LogP) is 5.01. The van der Waals surface area contributed by atoms with E-state index in [1.807, 2.05) is 24.3 Å². The van der Waals surface area contributed by atoms with E-state index in [0.29, 0.717) is 17.2 Å². The van der Waals surface area contributed by atoms with Crippen molar-refractivity contribution in [2.45, 2.75) is 38.9 Å². The summed E-state index contributed by atoms with van der Waals surface area (Å²) < 4.78 is 39.8. The third-order valence-electron chi connectivity index (χ3n) is 5.07. The molecule has 0 atom stereocenters. The number of benzene rings is 2. The second-order valence-electron chi connectivity index (χ2n) is 8.56. The summed E-state index contributed by atoms with van der Waals surface area (Å²) in [4.78, 5) is 19.9. The number of rotatable bonds is 4. The maximum Gasteiger partial charge on any atom is 0.416 e. The largest absolute Gasteiger partial charge is 0.416 e. The number of alkyl halides is 3. The van der Waals surface area contributed by atoms with Gasteiger partial charge in [0.25, 0.3) is 5.56 Å². The fourth-order valence-electron chi connectivity index (χ4n) is 3.28. The van der Waals surface area contributed by atoms with Crippen molar-refractivity contribution in [3.63, 3.8) is 0 Å². The van der Waals surface area contributed by atoms with E-state index in [2.05, 4.69) is 41.2 Å². The monoisotopic (exact) mass is 441 g/mol. The van der Waals surface area contributed by atoms with Crippen LogP contribution in [0.15, 0.2) is 59.4 Å². The molecule has 4 rings (SSSR count). The van der Waals surface area contributed by atoms with Crippen molar-refractivity contribution >= 4 is 11.5 Å². The average molecular weight is 441 g/mol. The first-order valence-corrected chi connectivity index (χ1v) is 10.0. The first-order chi connectivity index (χ1) is 15.0. The van der Waals surface area contributed by atoms with E-state index in [4.69, 9.17) is 0 Å². The molecular weight excluding hydrogens is 419 g/mol. The first-order valence-electron chi connectivity index (χ1n) is 10.0. The maximum atomic E-state index is 12.9. The van der Waals surface area contributed by atoms with Gasteiger partial charge in [-0.15, -0.1) is 5.10 Å². The van der Waals surface area contributed by atoms with Crippen LogP contribution in [-0.2, 0) is 18.1 Å². The third kappa shape index (κ3) is 4.51. The van der Waals surface area contributed by atoms with E-state index in [1.165, 1.54) is 28.3 Å². The molecule has 0 aliphatic heterocycles. The van der Waals surface area contributed by atoms with Gasteiger partial charge in [0.2, 0.25) is 5.78 Å². The number of aromatic amines is 1. The number of nitrogens with one attached hydrogen (secondary N) is 2. The molecule has 2 aromatic heterocycles. The van der Waals surface area contributed by atoms with E-state index in [9.17, 15) is 18.0 Å². The highest BCUT2D eigenvalue weighted by molar-refractivity contribution is 5.57. The first kappa shape index (κ1) is 21.6. The van der Waals surface area contributed by atoms with Crippen molar-refractivity contribution in [1.82, 2.24) is 19.6 Å². The maximum absolute atomic E-state index is 12.9. The molecule has 0 aliphatic carbocycles. The molecule has 166 valence electrons. The Hall–Kier alpha value is -3.62. The fraction of sp³-hybridized carbons (Fsp3) is 0.261. The normalized spacial score (nSPS) is 12.3. The smallest absolute Gasteiger partial charge is 0.379 e. The van der Waals surface area contributed by atoms with Crippen LogP contribution in [-0.4, -0.2) is 19.6 Å². The summed E-state index contributed by atoms with van der Waals surface area (Å²) in [5.74, 6) is 0.662. The van der Waals surface area contributed by atoms with Crippen LogP contribution in [0, 0.1) is 0 Å². The van der Waals surface area contributed by atoms with Crippen LogP contribution >= 0.6 is 0 Å². The second kappa shape index (κ2) is 7.81. The zero-order valence-electron chi connectivity index (χ0n) is 17.8. The Morgan fingerprint density at radius 3 is 2.38 bits per heavy atom. The average Bonchev–Trinajstić information content (AvgIpc) is 3.16. The minimum Gasteiger partial charge on any atom is -0.379 e. The number of halogens is 3. The van der Waals surface area contributed by atoms with Gasteiger partial charge in [-0.25, -0.2) is 0 Å². The highest BCUT2D eigenvalue weighted by Gasteiger charge is 2.30. The van der Waals surface area contributed by atoms with Gasteiger partial charge >= 0.3 is 6.18 Å². The quantitative estimate of drug-likeness (QED) is 0.467. The van der Waals surface area contributed by atoms with E-state index in [1.54, 1.807) is 0 Å². The summed E-state index contributed by atoms with van der Waals surface area (Å²) in [5, 5.41) is 7.19. The van der Waals surface area contributed by atoms with Crippen LogP contribution in [0.25, 0.3) is 17.2 Å². The Bertz CT molecular complexity index is 1310. The molecule has 2 aromatic carbocycles. The molecular formula is C23H22F3N5O. The number of hydrogen-bond acceptors (Lipinski definition) is 4. The Kier molecular flexibility index (Phi) is 5.28. The lowest BCUT2D eigenvalue weighted by Gasteiger charge is -2.18. The van der Waals surface area contributed by atoms with E-state index in [0.717, 1.165) is 17.7 Å². The van der Waals surface area contributed by atoms with Gasteiger partial charge in [-0.1, -0.05) is 51.1 Å². The summed E-state index contributed by atoms with van der Waals surface area (Å²) in [6, 6.07) is 14.1. The molecule has 2 N–H and O–H groups in total. The van der Waals surface area contributed by atoms with Gasteiger partial charge in [-0.3, -0.25) is 4.79 Å². The number of fused-ring (bicyclic) bond motifs is 1. The molecule has 2 heterocycles. The lowest BCUT2D eigenvalue weighted by Crippen LogP contribution is -2.17. The summed E-state index contributed by atoms with van der Waals surface area (Å²) >= 11 is 0. The summed E-state index contributed by atoms with van der Waals surface area (Å²) in [5.41, 5.74) is 1.60. The highest BCUT2D eigenvalue weighted by atomic mass is 19.4. The number of nitrogens with zero attached hydrogens (tertiary/aromatic N) is 3. The molecule has 0 radical (unpaired) electrons. The Balaban J connectivity index is 1.57. The van der Waals surface area contributed by atoms with Crippen LogP contribution < -0.4 is 10.9 Å². The summed E-state index contributed by atoms with van der Waals surface area (Å²) in [6.07, 6.45) is -4.42. The van der Waals surface area contributed by atoms with Crippen molar-refractivity contribution < 1.29 is 13.2 Å². The van der Waals surface area contributed by atoms with Crippen LogP contribution in [0.3, 0.4) is 0 Å². The second-order valence-corrected chi connectivity index (χ2v) is 8.56. The predicted molar refractivity (Wildman–Crippen MR) is 117 cm³/mol. The van der Waals surface area contributed by atoms with Crippen LogP contribution in [0.1, 0.15) is 37.6 Å². The molecule has 0 spiro atoms. The number of hydrogen-bond donors (Lipinski definition) is 2. The van der Waals surface area contributed by atoms with Gasteiger partial charge in [0.1, 0.15) is 0 Å². The van der Waals surface area contributed by atoms with Gasteiger partial charge in [0.15, 0.2) is 5.82 Å². The van der Waals surface area contributed by atoms with Crippen LogP contribution in [0.2, 0.25) is 0 Å². The van der Waals surface area contributed by atoms with Crippen LogP contribution in [0.5, 0.6) is 0 Å². The number of anilines is 1.